The van der Waals surface area contributed by atoms with Gasteiger partial charge in [0, 0.05) is 18.3 Å². The number of rotatable bonds is 7. The van der Waals surface area contributed by atoms with Gasteiger partial charge in [-0.25, -0.2) is 0 Å². The minimum Gasteiger partial charge on any atom is -1.00 e. The quantitative estimate of drug-likeness (QED) is 0.371. The maximum Gasteiger partial charge on any atom is 1.00 e. The summed E-state index contributed by atoms with van der Waals surface area (Å²) in [7, 11) is -1.74. The molecule has 0 bridgehead atoms. The normalized spacial score (nSPS) is 13.6. The fourth-order valence-electron chi connectivity index (χ4n) is 4.10. The average Bonchev–Trinajstić information content (AvgIpc) is 2.99. The molecule has 2 aromatic carbocycles. The molecule has 0 atom stereocenters. The molecule has 0 heterocycles. The molecule has 1 aliphatic carbocycles. The maximum atomic E-state index is 11.9. The van der Waals surface area contributed by atoms with Crippen LogP contribution in [0.3, 0.4) is 0 Å². The SMILES string of the molecule is COC(=O)CCC1(CCC(=O)OC)c2ccccc2-c2cc(S(=O)(=O)O)ccc21.[H-].[Na+]. The van der Waals surface area contributed by atoms with Gasteiger partial charge in [0.05, 0.1) is 19.1 Å². The van der Waals surface area contributed by atoms with Gasteiger partial charge in [-0.15, -0.1) is 0 Å². The van der Waals surface area contributed by atoms with Gasteiger partial charge in [0.1, 0.15) is 0 Å². The number of benzene rings is 2. The van der Waals surface area contributed by atoms with Crippen LogP contribution in [0.25, 0.3) is 11.1 Å². The summed E-state index contributed by atoms with van der Waals surface area (Å²) in [4.78, 5) is 23.6. The smallest absolute Gasteiger partial charge is 1.00 e. The molecule has 0 spiro atoms. The monoisotopic (exact) mass is 442 g/mol. The Labute approximate surface area is 199 Å². The molecule has 0 aliphatic heterocycles. The van der Waals surface area contributed by atoms with E-state index in [1.165, 1.54) is 26.4 Å². The molecule has 0 amide bonds. The molecule has 2 aromatic rings. The molecule has 0 fully saturated rings. The van der Waals surface area contributed by atoms with Crippen molar-refractivity contribution in [3.63, 3.8) is 0 Å². The van der Waals surface area contributed by atoms with E-state index in [9.17, 15) is 22.6 Å². The number of hydrogen-bond acceptors (Lipinski definition) is 6. The summed E-state index contributed by atoms with van der Waals surface area (Å²) < 4.78 is 42.4. The Bertz CT molecular complexity index is 1050. The van der Waals surface area contributed by atoms with Gasteiger partial charge in [0.25, 0.3) is 10.1 Å². The topological polar surface area (TPSA) is 107 Å². The van der Waals surface area contributed by atoms with Crippen LogP contribution in [0.15, 0.2) is 47.4 Å². The molecule has 0 radical (unpaired) electrons. The summed E-state index contributed by atoms with van der Waals surface area (Å²) in [6.07, 6.45) is 1.02. The summed E-state index contributed by atoms with van der Waals surface area (Å²) in [5.41, 5.74) is 2.48. The summed E-state index contributed by atoms with van der Waals surface area (Å²) in [5.74, 6) is -0.745. The van der Waals surface area contributed by atoms with Crippen molar-refractivity contribution in [3.8, 4) is 11.1 Å². The van der Waals surface area contributed by atoms with Crippen LogP contribution in [-0.4, -0.2) is 39.1 Å². The Kier molecular flexibility index (Phi) is 7.87. The predicted octanol–water partition coefficient (Wildman–Crippen LogP) is 0.223. The molecular formula is C21H23NaO7S. The third-order valence-corrected chi connectivity index (χ3v) is 6.35. The minimum atomic E-state index is -4.37. The molecule has 9 heteroatoms. The van der Waals surface area contributed by atoms with Crippen LogP contribution in [-0.2, 0) is 34.6 Å². The van der Waals surface area contributed by atoms with Crippen molar-refractivity contribution in [3.05, 3.63) is 53.6 Å². The molecular weight excluding hydrogens is 419 g/mol. The first-order valence-electron chi connectivity index (χ1n) is 9.08. The fourth-order valence-corrected chi connectivity index (χ4v) is 4.61. The minimum absolute atomic E-state index is 0. The Morgan fingerprint density at radius 1 is 0.933 bits per heavy atom. The van der Waals surface area contributed by atoms with Crippen molar-refractivity contribution >= 4 is 22.1 Å². The predicted molar refractivity (Wildman–Crippen MR) is 106 cm³/mol. The van der Waals surface area contributed by atoms with E-state index >= 15 is 0 Å². The fraction of sp³-hybridized carbons (Fsp3) is 0.333. The molecule has 0 unspecified atom stereocenters. The third-order valence-electron chi connectivity index (χ3n) is 5.50. The standard InChI is InChI=1S/C21H22O7S.Na.H/c1-27-19(22)9-11-21(12-10-20(23)28-2)17-6-4-3-5-15(17)16-13-14(29(24,25)26)7-8-18(16)21;;/h3-8,13H,9-12H2,1-2H3,(H,24,25,26);;/q;+1;-1. The Morgan fingerprint density at radius 3 is 2.00 bits per heavy atom. The summed E-state index contributed by atoms with van der Waals surface area (Å²) in [6.45, 7) is 0. The summed E-state index contributed by atoms with van der Waals surface area (Å²) >= 11 is 0. The van der Waals surface area contributed by atoms with Crippen LogP contribution in [0.2, 0.25) is 0 Å². The first-order valence-corrected chi connectivity index (χ1v) is 10.5. The largest absolute Gasteiger partial charge is 1.00 e. The second-order valence-electron chi connectivity index (χ2n) is 6.96. The maximum absolute atomic E-state index is 11.9. The zero-order valence-corrected chi connectivity index (χ0v) is 20.0. The summed E-state index contributed by atoms with van der Waals surface area (Å²) in [6, 6.07) is 11.9. The molecule has 1 aliphatic rings. The Balaban J connectivity index is 0.00000240. The van der Waals surface area contributed by atoms with Crippen LogP contribution in [0.1, 0.15) is 38.2 Å². The van der Waals surface area contributed by atoms with Crippen LogP contribution in [0, 0.1) is 0 Å². The van der Waals surface area contributed by atoms with Crippen LogP contribution in [0.5, 0.6) is 0 Å². The van der Waals surface area contributed by atoms with Crippen molar-refractivity contribution < 1.29 is 63.0 Å². The average molecular weight is 442 g/mol. The zero-order valence-electron chi connectivity index (χ0n) is 18.2. The van der Waals surface area contributed by atoms with E-state index in [1.54, 1.807) is 6.07 Å². The molecule has 30 heavy (non-hydrogen) atoms. The molecule has 156 valence electrons. The second kappa shape index (κ2) is 9.62. The molecule has 0 saturated heterocycles. The van der Waals surface area contributed by atoms with E-state index in [0.29, 0.717) is 18.4 Å². The molecule has 3 rings (SSSR count). The van der Waals surface area contributed by atoms with Crippen molar-refractivity contribution in [2.45, 2.75) is 36.0 Å². The number of hydrogen-bond donors (Lipinski definition) is 1. The Morgan fingerprint density at radius 2 is 1.47 bits per heavy atom. The van der Waals surface area contributed by atoms with E-state index in [4.69, 9.17) is 9.47 Å². The Hall–Kier alpha value is -1.71. The van der Waals surface area contributed by atoms with E-state index in [0.717, 1.165) is 16.7 Å². The zero-order chi connectivity index (χ0) is 21.2. The van der Waals surface area contributed by atoms with Gasteiger partial charge in [-0.05, 0) is 47.2 Å². The van der Waals surface area contributed by atoms with Gasteiger partial charge in [0.15, 0.2) is 0 Å². The van der Waals surface area contributed by atoms with E-state index < -0.39 is 15.5 Å². The van der Waals surface area contributed by atoms with Crippen LogP contribution >= 0.6 is 0 Å². The van der Waals surface area contributed by atoms with Gasteiger partial charge in [-0.3, -0.25) is 14.1 Å². The number of carbonyl (C=O) groups is 2. The van der Waals surface area contributed by atoms with Crippen LogP contribution < -0.4 is 29.6 Å². The van der Waals surface area contributed by atoms with Crippen molar-refractivity contribution in [2.75, 3.05) is 14.2 Å². The number of methoxy groups -OCH3 is 2. The first kappa shape index (κ1) is 24.6. The van der Waals surface area contributed by atoms with E-state index in [2.05, 4.69) is 0 Å². The van der Waals surface area contributed by atoms with Crippen molar-refractivity contribution in [1.82, 2.24) is 0 Å². The molecule has 7 nitrogen and oxygen atoms in total. The van der Waals surface area contributed by atoms with E-state index in [1.807, 2.05) is 24.3 Å². The second-order valence-corrected chi connectivity index (χ2v) is 8.38. The van der Waals surface area contributed by atoms with Gasteiger partial charge < -0.3 is 10.9 Å². The van der Waals surface area contributed by atoms with Gasteiger partial charge in [0.2, 0.25) is 0 Å². The third kappa shape index (κ3) is 4.63. The number of fused-ring (bicyclic) bond motifs is 3. The van der Waals surface area contributed by atoms with Crippen molar-refractivity contribution in [2.24, 2.45) is 0 Å². The van der Waals surface area contributed by atoms with Gasteiger partial charge in [-0.2, -0.15) is 8.42 Å². The summed E-state index contributed by atoms with van der Waals surface area (Å²) in [5, 5.41) is 0. The number of ether oxygens (including phenoxy) is 2. The van der Waals surface area contributed by atoms with Gasteiger partial charge in [-0.1, -0.05) is 30.3 Å². The van der Waals surface area contributed by atoms with Gasteiger partial charge >= 0.3 is 41.5 Å². The van der Waals surface area contributed by atoms with Crippen molar-refractivity contribution in [1.29, 1.82) is 0 Å². The molecule has 0 aromatic heterocycles. The van der Waals surface area contributed by atoms with Crippen LogP contribution in [0.4, 0.5) is 0 Å². The van der Waals surface area contributed by atoms with E-state index in [-0.39, 0.29) is 60.7 Å². The first-order chi connectivity index (χ1) is 13.7. The molecule has 0 saturated carbocycles. The number of esters is 2. The molecule has 1 N–H and O–H groups in total. The number of carbonyl (C=O) groups excluding carboxylic acids is 2.